The Morgan fingerprint density at radius 3 is 2.84 bits per heavy atom. The molecule has 1 aliphatic rings. The number of nitrogens with zero attached hydrogens (tertiary/aromatic N) is 2. The topological polar surface area (TPSA) is 88.6 Å². The lowest BCUT2D eigenvalue weighted by molar-refractivity contribution is 0.0811. The van der Waals surface area contributed by atoms with Gasteiger partial charge >= 0.3 is 6.09 Å². The lowest BCUT2D eigenvalue weighted by atomic mass is 10.2. The number of para-hydroxylation sites is 1. The van der Waals surface area contributed by atoms with Gasteiger partial charge in [-0.1, -0.05) is 12.1 Å². The van der Waals surface area contributed by atoms with Crippen molar-refractivity contribution in [3.63, 3.8) is 0 Å². The fourth-order valence-corrected chi connectivity index (χ4v) is 4.06. The van der Waals surface area contributed by atoms with Crippen molar-refractivity contribution < 1.29 is 19.1 Å². The van der Waals surface area contributed by atoms with E-state index in [2.05, 4.69) is 10.3 Å². The van der Waals surface area contributed by atoms with Gasteiger partial charge in [0.1, 0.15) is 11.6 Å². The Morgan fingerprint density at radius 2 is 2.08 bits per heavy atom. The summed E-state index contributed by atoms with van der Waals surface area (Å²) in [5.74, 6) is -0.870. The van der Waals surface area contributed by atoms with Gasteiger partial charge in [-0.2, -0.15) is 0 Å². The molecule has 0 saturated carbocycles. The van der Waals surface area contributed by atoms with E-state index < -0.39 is 12.0 Å². The summed E-state index contributed by atoms with van der Waals surface area (Å²) in [5.41, 5.74) is 1.01. The summed E-state index contributed by atoms with van der Waals surface area (Å²) in [6.07, 6.45) is -0.667. The Bertz CT molecular complexity index is 961. The van der Waals surface area contributed by atoms with Gasteiger partial charge in [0.05, 0.1) is 22.3 Å². The molecule has 1 fully saturated rings. The van der Waals surface area contributed by atoms with Crippen LogP contribution in [0.5, 0.6) is 0 Å². The molecule has 9 heteroatoms. The number of ether oxygens (including phenoxy) is 1. The minimum atomic E-state index is -0.667. The van der Waals surface area contributed by atoms with Crippen molar-refractivity contribution in [3.8, 4) is 0 Å². The second kappa shape index (κ2) is 6.26. The van der Waals surface area contributed by atoms with Crippen LogP contribution >= 0.6 is 22.7 Å². The monoisotopic (exact) mass is 373 g/mol. The second-order valence-corrected chi connectivity index (χ2v) is 7.12. The van der Waals surface area contributed by atoms with Crippen molar-refractivity contribution in [2.75, 3.05) is 18.5 Å². The smallest absolute Gasteiger partial charge is 0.416 e. The van der Waals surface area contributed by atoms with Gasteiger partial charge in [-0.25, -0.2) is 14.7 Å². The number of cyclic esters (lactones) is 1. The number of thiophene rings is 1. The maximum atomic E-state index is 12.5. The number of carbonyl (C=O) groups excluding carboxylic acids is 3. The largest absolute Gasteiger partial charge is 0.447 e. The first-order valence-corrected chi connectivity index (χ1v) is 9.06. The van der Waals surface area contributed by atoms with Crippen molar-refractivity contribution in [2.45, 2.75) is 0 Å². The Hall–Kier alpha value is -2.78. The summed E-state index contributed by atoms with van der Waals surface area (Å²) < 4.78 is 5.69. The Labute approximate surface area is 149 Å². The summed E-state index contributed by atoms with van der Waals surface area (Å²) in [6, 6.07) is 9.04. The number of anilines is 1. The zero-order valence-corrected chi connectivity index (χ0v) is 14.4. The Kier molecular flexibility index (Phi) is 3.94. The molecule has 0 radical (unpaired) electrons. The van der Waals surface area contributed by atoms with Crippen molar-refractivity contribution in [1.82, 2.24) is 9.88 Å². The third-order valence-electron chi connectivity index (χ3n) is 3.62. The lowest BCUT2D eigenvalue weighted by Crippen LogP contribution is -2.32. The number of aromatic nitrogens is 1. The number of carbonyl (C=O) groups is 3. The van der Waals surface area contributed by atoms with Gasteiger partial charge in [0.15, 0.2) is 5.01 Å². The van der Waals surface area contributed by atoms with Gasteiger partial charge in [-0.05, 0) is 23.6 Å². The molecular formula is C16H11N3O4S2. The summed E-state index contributed by atoms with van der Waals surface area (Å²) in [7, 11) is 0. The highest BCUT2D eigenvalue weighted by atomic mass is 32.1. The minimum absolute atomic E-state index is 0.183. The first kappa shape index (κ1) is 15.7. The fraction of sp³-hybridized carbons (Fsp3) is 0.125. The maximum absolute atomic E-state index is 12.5. The van der Waals surface area contributed by atoms with Crippen LogP contribution in [0.4, 0.5) is 9.80 Å². The highest BCUT2D eigenvalue weighted by Gasteiger charge is 2.31. The van der Waals surface area contributed by atoms with Gasteiger partial charge < -0.3 is 10.1 Å². The molecule has 0 unspecified atom stereocenters. The van der Waals surface area contributed by atoms with E-state index in [4.69, 9.17) is 4.74 Å². The molecule has 3 aromatic rings. The average molecular weight is 373 g/mol. The number of thiazole rings is 1. The Balaban J connectivity index is 1.57. The van der Waals surface area contributed by atoms with Crippen LogP contribution in [0.3, 0.4) is 0 Å². The number of hydrogen-bond acceptors (Lipinski definition) is 7. The average Bonchev–Trinajstić information content (AvgIpc) is 3.32. The van der Waals surface area contributed by atoms with E-state index in [1.54, 1.807) is 11.4 Å². The second-order valence-electron chi connectivity index (χ2n) is 5.18. The van der Waals surface area contributed by atoms with E-state index in [1.165, 1.54) is 22.7 Å². The molecule has 0 spiro atoms. The molecule has 0 atom stereocenters. The van der Waals surface area contributed by atoms with Crippen LogP contribution in [-0.4, -0.2) is 40.9 Å². The molecule has 1 aromatic carbocycles. The molecule has 2 aromatic heterocycles. The molecule has 4 rings (SSSR count). The van der Waals surface area contributed by atoms with E-state index in [9.17, 15) is 14.4 Å². The van der Waals surface area contributed by atoms with Crippen LogP contribution in [0.25, 0.3) is 10.2 Å². The van der Waals surface area contributed by atoms with Crippen molar-refractivity contribution in [1.29, 1.82) is 0 Å². The standard InChI is InChI=1S/C16H11N3O4S2/c20-12(14-17-10-3-1-2-4-11(10)25-14)18-13-9(5-8-24-13)15(21)19-6-7-23-16(19)22/h1-5,8H,6-7H2,(H,18,20). The first-order valence-electron chi connectivity index (χ1n) is 7.36. The van der Waals surface area contributed by atoms with E-state index in [0.29, 0.717) is 10.0 Å². The van der Waals surface area contributed by atoms with Crippen LogP contribution in [0.1, 0.15) is 20.2 Å². The molecule has 7 nitrogen and oxygen atoms in total. The molecule has 3 heterocycles. The highest BCUT2D eigenvalue weighted by Crippen LogP contribution is 2.28. The number of rotatable bonds is 3. The van der Waals surface area contributed by atoms with E-state index in [1.807, 2.05) is 24.3 Å². The quantitative estimate of drug-likeness (QED) is 0.762. The normalized spacial score (nSPS) is 13.9. The van der Waals surface area contributed by atoms with Crippen LogP contribution in [0.2, 0.25) is 0 Å². The highest BCUT2D eigenvalue weighted by molar-refractivity contribution is 7.20. The van der Waals surface area contributed by atoms with Gasteiger partial charge in [-0.15, -0.1) is 22.7 Å². The lowest BCUT2D eigenvalue weighted by Gasteiger charge is -2.11. The number of imide groups is 1. The van der Waals surface area contributed by atoms with E-state index in [0.717, 1.165) is 15.1 Å². The molecular weight excluding hydrogens is 362 g/mol. The van der Waals surface area contributed by atoms with Crippen molar-refractivity contribution >= 4 is 55.8 Å². The molecule has 1 N–H and O–H groups in total. The first-order chi connectivity index (χ1) is 12.1. The molecule has 0 bridgehead atoms. The van der Waals surface area contributed by atoms with Crippen LogP contribution in [0, 0.1) is 0 Å². The van der Waals surface area contributed by atoms with E-state index >= 15 is 0 Å². The predicted octanol–water partition coefficient (Wildman–Crippen LogP) is 3.20. The minimum Gasteiger partial charge on any atom is -0.447 e. The number of hydrogen-bond donors (Lipinski definition) is 1. The number of nitrogens with one attached hydrogen (secondary N) is 1. The molecule has 1 saturated heterocycles. The maximum Gasteiger partial charge on any atom is 0.416 e. The molecule has 126 valence electrons. The molecule has 0 aliphatic carbocycles. The Morgan fingerprint density at radius 1 is 1.24 bits per heavy atom. The predicted molar refractivity (Wildman–Crippen MR) is 94.3 cm³/mol. The summed E-state index contributed by atoms with van der Waals surface area (Å²) in [6.45, 7) is 0.390. The number of fused-ring (bicyclic) bond motifs is 1. The molecule has 25 heavy (non-hydrogen) atoms. The van der Waals surface area contributed by atoms with Crippen LogP contribution in [-0.2, 0) is 4.74 Å². The van der Waals surface area contributed by atoms with Gasteiger partial charge in [0.2, 0.25) is 0 Å². The SMILES string of the molecule is O=C(Nc1sccc1C(=O)N1CCOC1=O)c1nc2ccccc2s1. The number of benzene rings is 1. The molecule has 3 amide bonds. The summed E-state index contributed by atoms with van der Waals surface area (Å²) in [4.78, 5) is 41.8. The number of amides is 3. The van der Waals surface area contributed by atoms with Crippen molar-refractivity contribution in [3.05, 3.63) is 46.3 Å². The molecule has 1 aliphatic heterocycles. The van der Waals surface area contributed by atoms with Crippen LogP contribution in [0.15, 0.2) is 35.7 Å². The van der Waals surface area contributed by atoms with E-state index in [-0.39, 0.29) is 24.6 Å². The van der Waals surface area contributed by atoms with Crippen LogP contribution < -0.4 is 5.32 Å². The zero-order chi connectivity index (χ0) is 17.4. The summed E-state index contributed by atoms with van der Waals surface area (Å²) >= 11 is 2.49. The van der Waals surface area contributed by atoms with Gasteiger partial charge in [0, 0.05) is 0 Å². The summed E-state index contributed by atoms with van der Waals surface area (Å²) in [5, 5.41) is 5.09. The van der Waals surface area contributed by atoms with Gasteiger partial charge in [0.25, 0.3) is 11.8 Å². The third kappa shape index (κ3) is 2.87. The van der Waals surface area contributed by atoms with Gasteiger partial charge in [-0.3, -0.25) is 9.59 Å². The van der Waals surface area contributed by atoms with Crippen molar-refractivity contribution in [2.24, 2.45) is 0 Å². The fourth-order valence-electron chi connectivity index (χ4n) is 2.42. The zero-order valence-electron chi connectivity index (χ0n) is 12.7. The third-order valence-corrected chi connectivity index (χ3v) is 5.48.